The van der Waals surface area contributed by atoms with E-state index < -0.39 is 46.3 Å². The highest BCUT2D eigenvalue weighted by Gasteiger charge is 2.41. The van der Waals surface area contributed by atoms with Crippen LogP contribution in [0.15, 0.2) is 83.8 Å². The minimum Gasteiger partial charge on any atom is -0.542 e. The molecule has 1 fully saturated rings. The number of carbonyl (C=O) groups excluding carboxylic acids is 3. The second kappa shape index (κ2) is 17.6. The highest BCUT2D eigenvalue weighted by atomic mass is 32.2. The molecular formula is C37H40F4N4O8S2. The number of likely N-dealkylation sites (N-methyl/N-ethyl adjacent to an activating group) is 1. The number of imide groups is 1. The maximum atomic E-state index is 14.0. The number of amides is 3. The molecule has 2 heterocycles. The summed E-state index contributed by atoms with van der Waals surface area (Å²) in [5, 5.41) is 21.2. The lowest BCUT2D eigenvalue weighted by Crippen LogP contribution is -2.62. The van der Waals surface area contributed by atoms with Crippen LogP contribution >= 0.6 is 11.3 Å². The van der Waals surface area contributed by atoms with Crippen molar-refractivity contribution < 1.29 is 59.2 Å². The molecule has 3 amide bonds. The molecule has 12 nitrogen and oxygen atoms in total. The number of thiophene rings is 1. The Hall–Kier alpha value is -5.04. The first-order chi connectivity index (χ1) is 25.7. The molecule has 1 aliphatic heterocycles. The number of phenolic OH excluding ortho intramolecular Hbond substituents is 1. The predicted octanol–water partition coefficient (Wildman–Crippen LogP) is 5.02. The molecule has 4 aromatic rings. The van der Waals surface area contributed by atoms with Crippen LogP contribution in [0.25, 0.3) is 0 Å². The Morgan fingerprint density at radius 3 is 2.16 bits per heavy atom. The van der Waals surface area contributed by atoms with Crippen molar-refractivity contribution in [2.45, 2.75) is 62.8 Å². The average Bonchev–Trinajstić information content (AvgIpc) is 3.46. The Kier molecular flexibility index (Phi) is 13.7. The fraction of sp³-hybridized carbons (Fsp3) is 0.324. The van der Waals surface area contributed by atoms with Gasteiger partial charge in [-0.1, -0.05) is 24.3 Å². The first-order valence-electron chi connectivity index (χ1n) is 16.8. The largest absolute Gasteiger partial charge is 0.542 e. The number of carboxylic acid groups (broad SMARTS) is 1. The molecule has 296 valence electrons. The van der Waals surface area contributed by atoms with E-state index in [2.05, 4.69) is 12.4 Å². The maximum absolute atomic E-state index is 14.0. The summed E-state index contributed by atoms with van der Waals surface area (Å²) in [7, 11) is -2.00. The van der Waals surface area contributed by atoms with Gasteiger partial charge in [0.15, 0.2) is 0 Å². The van der Waals surface area contributed by atoms with Crippen LogP contribution in [0.2, 0.25) is 0 Å². The molecule has 3 atom stereocenters. The van der Waals surface area contributed by atoms with Gasteiger partial charge in [0.1, 0.15) is 41.3 Å². The number of urea groups is 1. The van der Waals surface area contributed by atoms with Crippen molar-refractivity contribution in [3.05, 3.63) is 106 Å². The van der Waals surface area contributed by atoms with Gasteiger partial charge in [-0.25, -0.2) is 9.18 Å². The summed E-state index contributed by atoms with van der Waals surface area (Å²) in [5.41, 5.74) is 8.43. The van der Waals surface area contributed by atoms with Crippen LogP contribution < -0.4 is 20.3 Å². The number of quaternary nitrogens is 1. The SMILES string of the molecule is Cc1cc(S(=O)(=O)Oc2ccc(NC(=O)N(C(=O)[C@@H](N)Cc3ccc(O)cc3)[C@H]3CCC[N+](C)(Cc4ccc(F)cc4)C3)cc2)c(C)s1.O=C([O-])C(F)(F)F. The number of nitrogens with zero attached hydrogens (tertiary/aromatic N) is 2. The smallest absolute Gasteiger partial charge is 0.430 e. The van der Waals surface area contributed by atoms with Gasteiger partial charge in [-0.05, 0) is 93.3 Å². The summed E-state index contributed by atoms with van der Waals surface area (Å²) in [6.07, 6.45) is -3.72. The number of aryl methyl sites for hydroxylation is 2. The number of rotatable bonds is 10. The van der Waals surface area contributed by atoms with E-state index in [1.54, 1.807) is 37.3 Å². The van der Waals surface area contributed by atoms with Crippen LogP contribution in [-0.2, 0) is 32.7 Å². The Balaban J connectivity index is 0.000000876. The number of benzene rings is 3. The molecule has 1 saturated heterocycles. The topological polar surface area (TPSA) is 179 Å². The molecule has 0 bridgehead atoms. The Morgan fingerprint density at radius 1 is 1.04 bits per heavy atom. The lowest BCUT2D eigenvalue weighted by atomic mass is 9.98. The summed E-state index contributed by atoms with van der Waals surface area (Å²) in [5.74, 6) is -3.71. The Labute approximate surface area is 319 Å². The molecule has 0 radical (unpaired) electrons. The monoisotopic (exact) mass is 808 g/mol. The number of nitrogens with two attached hydrogens (primary N) is 1. The Bertz CT molecular complexity index is 2080. The molecule has 3 aromatic carbocycles. The van der Waals surface area contributed by atoms with E-state index in [0.29, 0.717) is 34.6 Å². The lowest BCUT2D eigenvalue weighted by Gasteiger charge is -2.44. The average molecular weight is 809 g/mol. The number of carboxylic acids is 1. The summed E-state index contributed by atoms with van der Waals surface area (Å²) in [6, 6.07) is 18.0. The third-order valence-electron chi connectivity index (χ3n) is 8.70. The van der Waals surface area contributed by atoms with Crippen LogP contribution in [-0.4, -0.2) is 79.2 Å². The fourth-order valence-electron chi connectivity index (χ4n) is 6.19. The van der Waals surface area contributed by atoms with Crippen molar-refractivity contribution >= 4 is 45.0 Å². The molecular weight excluding hydrogens is 769 g/mol. The Morgan fingerprint density at radius 2 is 1.62 bits per heavy atom. The number of aromatic hydroxyl groups is 1. The number of alkyl halides is 3. The molecule has 1 aromatic heterocycles. The van der Waals surface area contributed by atoms with Gasteiger partial charge in [-0.15, -0.1) is 11.3 Å². The van der Waals surface area contributed by atoms with Gasteiger partial charge >= 0.3 is 22.3 Å². The summed E-state index contributed by atoms with van der Waals surface area (Å²) in [6.45, 7) is 5.41. The third-order valence-corrected chi connectivity index (χ3v) is 11.2. The minimum absolute atomic E-state index is 0.0706. The number of piperidine rings is 1. The molecule has 1 unspecified atom stereocenters. The number of halogens is 4. The summed E-state index contributed by atoms with van der Waals surface area (Å²) in [4.78, 5) is 39.5. The van der Waals surface area contributed by atoms with Crippen LogP contribution in [0.1, 0.15) is 33.7 Å². The zero-order valence-electron chi connectivity index (χ0n) is 30.0. The van der Waals surface area contributed by atoms with Crippen LogP contribution in [0.3, 0.4) is 0 Å². The predicted molar refractivity (Wildman–Crippen MR) is 194 cm³/mol. The van der Waals surface area contributed by atoms with Crippen LogP contribution in [0, 0.1) is 19.7 Å². The van der Waals surface area contributed by atoms with Gasteiger partial charge in [-0.3, -0.25) is 9.69 Å². The lowest BCUT2D eigenvalue weighted by molar-refractivity contribution is -0.928. The van der Waals surface area contributed by atoms with E-state index in [-0.39, 0.29) is 28.6 Å². The van der Waals surface area contributed by atoms with Crippen molar-refractivity contribution in [2.24, 2.45) is 5.73 Å². The number of hydrogen-bond acceptors (Lipinski definition) is 10. The van der Waals surface area contributed by atoms with Gasteiger partial charge in [0.25, 0.3) is 0 Å². The van der Waals surface area contributed by atoms with E-state index in [1.165, 1.54) is 64.8 Å². The first-order valence-corrected chi connectivity index (χ1v) is 19.0. The highest BCUT2D eigenvalue weighted by Crippen LogP contribution is 2.29. The van der Waals surface area contributed by atoms with Crippen LogP contribution in [0.4, 0.5) is 28.0 Å². The van der Waals surface area contributed by atoms with Gasteiger partial charge in [0, 0.05) is 21.0 Å². The van der Waals surface area contributed by atoms with E-state index in [0.717, 1.165) is 29.0 Å². The first kappa shape index (κ1) is 42.7. The second-order valence-corrected chi connectivity index (χ2v) is 16.3. The zero-order chi connectivity index (χ0) is 40.7. The standard InChI is InChI=1S/C35H39FN4O6S2.C2HF3O2/c1-23-19-33(24(2)47-23)48(44,45)46-31-16-12-28(13-17-31)38-35(43)39(34(42)32(37)20-25-8-14-30(41)15-9-25)29-5-4-18-40(3,22-29)21-26-6-10-27(36)11-7-26;3-2(4,5)1(6)7/h6-17,19,29,32H,4-5,18,20-22,37H2,1-3H3,(H-,38,41,43);(H,6,7)/t29-,32-,40?;/m0./s1. The summed E-state index contributed by atoms with van der Waals surface area (Å²) >= 11 is 1.36. The van der Waals surface area contributed by atoms with Crippen molar-refractivity contribution in [3.63, 3.8) is 0 Å². The fourth-order valence-corrected chi connectivity index (χ4v) is 8.64. The number of likely N-dealkylation sites (tertiary alicyclic amines) is 1. The molecule has 0 aliphatic carbocycles. The zero-order valence-corrected chi connectivity index (χ0v) is 31.6. The van der Waals surface area contributed by atoms with Gasteiger partial charge in [0.05, 0.1) is 25.7 Å². The number of phenols is 1. The van der Waals surface area contributed by atoms with E-state index in [1.807, 2.05) is 6.92 Å². The van der Waals surface area contributed by atoms with Crippen molar-refractivity contribution in [2.75, 3.05) is 25.5 Å². The van der Waals surface area contributed by atoms with Crippen molar-refractivity contribution in [1.82, 2.24) is 4.90 Å². The van der Waals surface area contributed by atoms with Gasteiger partial charge in [0.2, 0.25) is 5.91 Å². The second-order valence-electron chi connectivity index (χ2n) is 13.3. The number of aliphatic carboxylic acids is 1. The molecule has 4 N–H and O–H groups in total. The van der Waals surface area contributed by atoms with E-state index in [9.17, 15) is 40.7 Å². The molecule has 0 saturated carbocycles. The molecule has 18 heteroatoms. The van der Waals surface area contributed by atoms with Gasteiger partial charge < -0.3 is 34.7 Å². The third kappa shape index (κ3) is 12.0. The number of anilines is 1. The van der Waals surface area contributed by atoms with Crippen molar-refractivity contribution in [1.29, 1.82) is 0 Å². The normalized spacial score (nSPS) is 17.6. The maximum Gasteiger partial charge on any atom is 0.430 e. The van der Waals surface area contributed by atoms with Crippen LogP contribution in [0.5, 0.6) is 11.5 Å². The van der Waals surface area contributed by atoms with E-state index in [4.69, 9.17) is 19.8 Å². The van der Waals surface area contributed by atoms with Gasteiger partial charge in [-0.2, -0.15) is 21.6 Å². The number of carbonyl (C=O) groups is 3. The molecule has 55 heavy (non-hydrogen) atoms. The number of hydrogen-bond donors (Lipinski definition) is 3. The quantitative estimate of drug-likeness (QED) is 0.113. The summed E-state index contributed by atoms with van der Waals surface area (Å²) < 4.78 is 76.7. The minimum atomic E-state index is -5.19. The number of nitrogens with one attached hydrogen (secondary N) is 1. The molecule has 0 spiro atoms. The van der Waals surface area contributed by atoms with E-state index >= 15 is 0 Å². The molecule has 5 rings (SSSR count). The van der Waals surface area contributed by atoms with Crippen molar-refractivity contribution in [3.8, 4) is 11.5 Å². The highest BCUT2D eigenvalue weighted by molar-refractivity contribution is 7.87. The molecule has 1 aliphatic rings.